The molecule has 364 valence electrons. The van der Waals surface area contributed by atoms with E-state index in [0.717, 1.165) is 83.5 Å². The Morgan fingerprint density at radius 2 is 0.635 bits per heavy atom. The van der Waals surface area contributed by atoms with E-state index in [9.17, 15) is 14.4 Å². The van der Waals surface area contributed by atoms with E-state index in [1.165, 1.54) is 141 Å². The van der Waals surface area contributed by atoms with Crippen LogP contribution in [0.2, 0.25) is 0 Å². The topological polar surface area (TPSA) is 78.9 Å². The summed E-state index contributed by atoms with van der Waals surface area (Å²) in [7, 11) is 0. The monoisotopic (exact) mass is 881 g/mol. The van der Waals surface area contributed by atoms with E-state index >= 15 is 0 Å². The first-order valence-electron chi connectivity index (χ1n) is 26.8. The second-order valence-corrected chi connectivity index (χ2v) is 17.9. The lowest BCUT2D eigenvalue weighted by Gasteiger charge is -2.18. The van der Waals surface area contributed by atoms with Crippen molar-refractivity contribution in [2.24, 2.45) is 0 Å². The van der Waals surface area contributed by atoms with Crippen molar-refractivity contribution in [3.8, 4) is 0 Å². The highest BCUT2D eigenvalue weighted by Gasteiger charge is 2.19. The van der Waals surface area contributed by atoms with Crippen LogP contribution in [0.3, 0.4) is 0 Å². The molecule has 0 bridgehead atoms. The number of rotatable bonds is 48. The maximum absolute atomic E-state index is 12.8. The molecule has 0 saturated carbocycles. The van der Waals surface area contributed by atoms with Crippen molar-refractivity contribution < 1.29 is 28.6 Å². The Balaban J connectivity index is 4.39. The zero-order valence-electron chi connectivity index (χ0n) is 41.6. The Bertz CT molecular complexity index is 1150. The maximum Gasteiger partial charge on any atom is 0.306 e. The summed E-state index contributed by atoms with van der Waals surface area (Å²) in [5.74, 6) is -0.940. The molecule has 1 atom stereocenters. The highest BCUT2D eigenvalue weighted by molar-refractivity contribution is 5.71. The normalized spacial score (nSPS) is 12.5. The van der Waals surface area contributed by atoms with Crippen molar-refractivity contribution in [2.45, 2.75) is 271 Å². The first-order valence-corrected chi connectivity index (χ1v) is 26.8. The fraction of sp³-hybridized carbons (Fsp3) is 0.772. The molecule has 0 aromatic heterocycles. The number of allylic oxidation sites excluding steroid dienone is 10. The quantitative estimate of drug-likeness (QED) is 0.0199. The van der Waals surface area contributed by atoms with E-state index in [-0.39, 0.29) is 31.1 Å². The molecule has 0 heterocycles. The summed E-state index contributed by atoms with van der Waals surface area (Å²) in [4.78, 5) is 38.0. The molecule has 6 heteroatoms. The summed E-state index contributed by atoms with van der Waals surface area (Å²) in [6.07, 6.45) is 63.6. The van der Waals surface area contributed by atoms with Crippen LogP contribution in [0.15, 0.2) is 60.8 Å². The molecule has 0 N–H and O–H groups in total. The van der Waals surface area contributed by atoms with Gasteiger partial charge in [-0.05, 0) is 64.2 Å². The number of esters is 3. The van der Waals surface area contributed by atoms with Crippen LogP contribution in [0.25, 0.3) is 0 Å². The lowest BCUT2D eigenvalue weighted by molar-refractivity contribution is -0.167. The van der Waals surface area contributed by atoms with Gasteiger partial charge in [-0.1, -0.05) is 242 Å². The van der Waals surface area contributed by atoms with Gasteiger partial charge in [0.1, 0.15) is 13.2 Å². The number of ether oxygens (including phenoxy) is 3. The van der Waals surface area contributed by atoms with Crippen LogP contribution >= 0.6 is 0 Å². The fourth-order valence-corrected chi connectivity index (χ4v) is 7.57. The van der Waals surface area contributed by atoms with Crippen molar-refractivity contribution in [1.29, 1.82) is 0 Å². The van der Waals surface area contributed by atoms with E-state index in [4.69, 9.17) is 14.2 Å². The SMILES string of the molecule is CC\C=C/C=C\C=C/C=C\CCCCCC(=O)OCC(COC(=O)CCCCCCCCCCCCCCCCCCCC)OC(=O)CCCCC/C=C\CCCCCCCCC. The zero-order valence-corrected chi connectivity index (χ0v) is 41.6. The highest BCUT2D eigenvalue weighted by Crippen LogP contribution is 2.16. The molecule has 6 nitrogen and oxygen atoms in total. The standard InChI is InChI=1S/C57H100O6/c1-4-7-10-13-16-19-22-25-27-28-29-30-33-35-38-41-44-47-50-56(59)62-53-54(52-61-55(58)49-46-43-40-37-34-31-24-21-18-15-12-9-6-3)63-57(60)51-48-45-42-39-36-32-26-23-20-17-14-11-8-5-2/h9,12,15,18,21,24,31-32,34,36,54H,4-8,10-11,13-14,16-17,19-20,22-23,25-30,33,35,37-53H2,1-3H3/b12-9-,18-15-,24-21-,34-31-,36-32-. The fourth-order valence-electron chi connectivity index (χ4n) is 7.57. The van der Waals surface area contributed by atoms with E-state index in [1.54, 1.807) is 0 Å². The minimum absolute atomic E-state index is 0.0908. The number of carbonyl (C=O) groups is 3. The molecule has 0 amide bonds. The minimum atomic E-state index is -0.795. The third-order valence-corrected chi connectivity index (χ3v) is 11.6. The Kier molecular flexibility index (Phi) is 49.4. The molecular weight excluding hydrogens is 781 g/mol. The Morgan fingerprint density at radius 1 is 0.333 bits per heavy atom. The van der Waals surface area contributed by atoms with Crippen molar-refractivity contribution in [2.75, 3.05) is 13.2 Å². The average Bonchev–Trinajstić information content (AvgIpc) is 3.28. The van der Waals surface area contributed by atoms with Crippen LogP contribution in [0.5, 0.6) is 0 Å². The van der Waals surface area contributed by atoms with Gasteiger partial charge in [0.05, 0.1) is 0 Å². The van der Waals surface area contributed by atoms with E-state index in [1.807, 2.05) is 30.4 Å². The van der Waals surface area contributed by atoms with E-state index in [0.29, 0.717) is 19.3 Å². The molecule has 0 radical (unpaired) electrons. The molecule has 0 fully saturated rings. The smallest absolute Gasteiger partial charge is 0.306 e. The van der Waals surface area contributed by atoms with Gasteiger partial charge < -0.3 is 14.2 Å². The molecule has 0 aromatic rings. The first-order chi connectivity index (χ1) is 31.0. The van der Waals surface area contributed by atoms with Gasteiger partial charge in [-0.3, -0.25) is 14.4 Å². The van der Waals surface area contributed by atoms with Gasteiger partial charge in [0.25, 0.3) is 0 Å². The van der Waals surface area contributed by atoms with Crippen molar-refractivity contribution in [1.82, 2.24) is 0 Å². The lowest BCUT2D eigenvalue weighted by atomic mass is 10.0. The molecule has 63 heavy (non-hydrogen) atoms. The van der Waals surface area contributed by atoms with Crippen molar-refractivity contribution in [3.05, 3.63) is 60.8 Å². The maximum atomic E-state index is 12.8. The summed E-state index contributed by atoms with van der Waals surface area (Å²) in [6, 6.07) is 0. The molecule has 0 aliphatic carbocycles. The summed E-state index contributed by atoms with van der Waals surface area (Å²) in [6.45, 7) is 6.47. The van der Waals surface area contributed by atoms with E-state index < -0.39 is 6.10 Å². The van der Waals surface area contributed by atoms with Gasteiger partial charge in [0.2, 0.25) is 0 Å². The van der Waals surface area contributed by atoms with Crippen LogP contribution in [0.4, 0.5) is 0 Å². The molecule has 0 aliphatic heterocycles. The lowest BCUT2D eigenvalue weighted by Crippen LogP contribution is -2.30. The molecule has 0 aliphatic rings. The Morgan fingerprint density at radius 3 is 1.03 bits per heavy atom. The number of hydrogen-bond acceptors (Lipinski definition) is 6. The summed E-state index contributed by atoms with van der Waals surface area (Å²) >= 11 is 0. The van der Waals surface area contributed by atoms with E-state index in [2.05, 4.69) is 51.2 Å². The Labute approximate surface area is 390 Å². The predicted molar refractivity (Wildman–Crippen MR) is 270 cm³/mol. The van der Waals surface area contributed by atoms with Gasteiger partial charge in [-0.2, -0.15) is 0 Å². The number of unbranched alkanes of at least 4 members (excludes halogenated alkanes) is 30. The van der Waals surface area contributed by atoms with Gasteiger partial charge in [0, 0.05) is 19.3 Å². The second-order valence-electron chi connectivity index (χ2n) is 17.9. The van der Waals surface area contributed by atoms with Crippen LogP contribution in [-0.2, 0) is 28.6 Å². The molecule has 0 aromatic carbocycles. The first kappa shape index (κ1) is 60.1. The van der Waals surface area contributed by atoms with Gasteiger partial charge in [-0.15, -0.1) is 0 Å². The minimum Gasteiger partial charge on any atom is -0.462 e. The average molecular weight is 881 g/mol. The number of carbonyl (C=O) groups excluding carboxylic acids is 3. The molecule has 1 unspecified atom stereocenters. The summed E-state index contributed by atoms with van der Waals surface area (Å²) in [5.41, 5.74) is 0. The molecule has 0 saturated heterocycles. The van der Waals surface area contributed by atoms with Gasteiger partial charge in [0.15, 0.2) is 6.10 Å². The van der Waals surface area contributed by atoms with Crippen molar-refractivity contribution in [3.63, 3.8) is 0 Å². The number of hydrogen-bond donors (Lipinski definition) is 0. The summed E-state index contributed by atoms with van der Waals surface area (Å²) in [5, 5.41) is 0. The van der Waals surface area contributed by atoms with Crippen LogP contribution in [-0.4, -0.2) is 37.2 Å². The van der Waals surface area contributed by atoms with Crippen LogP contribution in [0.1, 0.15) is 265 Å². The third-order valence-electron chi connectivity index (χ3n) is 11.6. The van der Waals surface area contributed by atoms with Crippen molar-refractivity contribution >= 4 is 17.9 Å². The zero-order chi connectivity index (χ0) is 45.8. The highest BCUT2D eigenvalue weighted by atomic mass is 16.6. The molecular formula is C57H100O6. The third kappa shape index (κ3) is 50.0. The second kappa shape index (κ2) is 51.7. The van der Waals surface area contributed by atoms with Gasteiger partial charge >= 0.3 is 17.9 Å². The Hall–Kier alpha value is -2.89. The summed E-state index contributed by atoms with van der Waals surface area (Å²) < 4.78 is 16.8. The van der Waals surface area contributed by atoms with Gasteiger partial charge in [-0.25, -0.2) is 0 Å². The van der Waals surface area contributed by atoms with Crippen LogP contribution in [0, 0.1) is 0 Å². The molecule has 0 spiro atoms. The largest absolute Gasteiger partial charge is 0.462 e. The predicted octanol–water partition coefficient (Wildman–Crippen LogP) is 17.6. The van der Waals surface area contributed by atoms with Crippen LogP contribution < -0.4 is 0 Å². The molecule has 0 rings (SSSR count).